The van der Waals surface area contributed by atoms with Crippen LogP contribution in [0, 0.1) is 0 Å². The molecule has 6 heteroatoms. The monoisotopic (exact) mass is 347 g/mol. The maximum Gasteiger partial charge on any atom is 0.161 e. The number of nitrogens with zero attached hydrogens (tertiary/aromatic N) is 4. The minimum Gasteiger partial charge on any atom is -0.335 e. The van der Waals surface area contributed by atoms with Gasteiger partial charge in [0.2, 0.25) is 0 Å². The summed E-state index contributed by atoms with van der Waals surface area (Å²) in [6.45, 7) is 5.68. The Hall–Kier alpha value is -1.66. The lowest BCUT2D eigenvalue weighted by Crippen LogP contribution is -2.07. The smallest absolute Gasteiger partial charge is 0.161 e. The fraction of sp³-hybridized carbons (Fsp3) is 0.333. The maximum atomic E-state index is 5.59. The van der Waals surface area contributed by atoms with Crippen molar-refractivity contribution in [1.82, 2.24) is 19.1 Å². The van der Waals surface area contributed by atoms with Gasteiger partial charge in [-0.05, 0) is 32.0 Å². The molecule has 0 amide bonds. The van der Waals surface area contributed by atoms with Crippen molar-refractivity contribution in [3.63, 3.8) is 0 Å². The first-order chi connectivity index (χ1) is 10.1. The molecule has 1 aromatic carbocycles. The van der Waals surface area contributed by atoms with E-state index in [9.17, 15) is 0 Å². The third-order valence-electron chi connectivity index (χ3n) is 3.42. The zero-order valence-corrected chi connectivity index (χ0v) is 13.7. The highest BCUT2D eigenvalue weighted by Crippen LogP contribution is 2.29. The SMILES string of the molecule is CC(C)n1c(-c2cn(CCN)cn2)nc2cc(Br)ccc21. The molecular formula is C15H18BrN5. The predicted molar refractivity (Wildman–Crippen MR) is 88.1 cm³/mol. The van der Waals surface area contributed by atoms with Crippen LogP contribution in [0.2, 0.25) is 0 Å². The standard InChI is InChI=1S/C15H18BrN5/c1-10(2)21-14-4-3-11(16)7-12(14)19-15(21)13-8-20(6-5-17)9-18-13/h3-4,7-10H,5-6,17H2,1-2H3. The summed E-state index contributed by atoms with van der Waals surface area (Å²) in [6, 6.07) is 6.48. The minimum absolute atomic E-state index is 0.311. The van der Waals surface area contributed by atoms with Gasteiger partial charge in [-0.2, -0.15) is 0 Å². The van der Waals surface area contributed by atoms with Crippen LogP contribution in [0.1, 0.15) is 19.9 Å². The van der Waals surface area contributed by atoms with Crippen LogP contribution >= 0.6 is 15.9 Å². The molecule has 0 fully saturated rings. The second kappa shape index (κ2) is 5.61. The van der Waals surface area contributed by atoms with Crippen LogP contribution in [0.15, 0.2) is 35.2 Å². The molecule has 2 heterocycles. The van der Waals surface area contributed by atoms with Gasteiger partial charge in [-0.15, -0.1) is 0 Å². The van der Waals surface area contributed by atoms with Crippen molar-refractivity contribution in [1.29, 1.82) is 0 Å². The molecule has 3 rings (SSSR count). The average molecular weight is 348 g/mol. The van der Waals surface area contributed by atoms with E-state index in [0.29, 0.717) is 12.6 Å². The lowest BCUT2D eigenvalue weighted by Gasteiger charge is -2.11. The zero-order valence-electron chi connectivity index (χ0n) is 12.1. The Kier molecular flexibility index (Phi) is 3.82. The Balaban J connectivity index is 2.18. The van der Waals surface area contributed by atoms with Gasteiger partial charge < -0.3 is 14.9 Å². The molecule has 0 atom stereocenters. The van der Waals surface area contributed by atoms with Crippen LogP contribution in [0.3, 0.4) is 0 Å². The maximum absolute atomic E-state index is 5.59. The van der Waals surface area contributed by atoms with E-state index >= 15 is 0 Å². The number of hydrogen-bond donors (Lipinski definition) is 1. The highest BCUT2D eigenvalue weighted by atomic mass is 79.9. The van der Waals surface area contributed by atoms with Crippen LogP contribution in [0.25, 0.3) is 22.6 Å². The fourth-order valence-electron chi connectivity index (χ4n) is 2.52. The van der Waals surface area contributed by atoms with Gasteiger partial charge in [0.1, 0.15) is 5.69 Å². The lowest BCUT2D eigenvalue weighted by atomic mass is 10.3. The van der Waals surface area contributed by atoms with Gasteiger partial charge in [0.05, 0.1) is 17.4 Å². The molecule has 0 bridgehead atoms. The summed E-state index contributed by atoms with van der Waals surface area (Å²) in [4.78, 5) is 9.24. The minimum atomic E-state index is 0.311. The molecule has 0 aliphatic rings. The number of imidazole rings is 2. The molecular weight excluding hydrogens is 330 g/mol. The van der Waals surface area contributed by atoms with E-state index in [1.807, 2.05) is 29.2 Å². The van der Waals surface area contributed by atoms with E-state index in [1.165, 1.54) is 0 Å². The molecule has 0 aliphatic carbocycles. The topological polar surface area (TPSA) is 61.7 Å². The number of aromatic nitrogens is 4. The second-order valence-corrected chi connectivity index (χ2v) is 6.23. The van der Waals surface area contributed by atoms with Crippen molar-refractivity contribution in [2.75, 3.05) is 6.54 Å². The van der Waals surface area contributed by atoms with Crippen molar-refractivity contribution in [3.05, 3.63) is 35.2 Å². The molecule has 0 radical (unpaired) electrons. The molecule has 0 saturated carbocycles. The molecule has 0 aliphatic heterocycles. The van der Waals surface area contributed by atoms with Crippen LogP contribution in [-0.4, -0.2) is 25.6 Å². The molecule has 0 saturated heterocycles. The molecule has 0 spiro atoms. The van der Waals surface area contributed by atoms with Crippen LogP contribution in [-0.2, 0) is 6.54 Å². The van der Waals surface area contributed by atoms with E-state index in [1.54, 1.807) is 0 Å². The lowest BCUT2D eigenvalue weighted by molar-refractivity contribution is 0.623. The van der Waals surface area contributed by atoms with Gasteiger partial charge in [-0.1, -0.05) is 15.9 Å². The molecule has 2 aromatic heterocycles. The van der Waals surface area contributed by atoms with E-state index in [2.05, 4.69) is 45.4 Å². The number of fused-ring (bicyclic) bond motifs is 1. The third kappa shape index (κ3) is 2.61. The molecule has 2 N–H and O–H groups in total. The fourth-order valence-corrected chi connectivity index (χ4v) is 2.87. The summed E-state index contributed by atoms with van der Waals surface area (Å²) in [5.41, 5.74) is 8.56. The van der Waals surface area contributed by atoms with Gasteiger partial charge >= 0.3 is 0 Å². The van der Waals surface area contributed by atoms with Crippen molar-refractivity contribution < 1.29 is 0 Å². The Morgan fingerprint density at radius 1 is 1.33 bits per heavy atom. The summed E-state index contributed by atoms with van der Waals surface area (Å²) >= 11 is 3.50. The Bertz CT molecular complexity index is 772. The van der Waals surface area contributed by atoms with Crippen LogP contribution in [0.5, 0.6) is 0 Å². The van der Waals surface area contributed by atoms with Crippen molar-refractivity contribution in [2.45, 2.75) is 26.4 Å². The van der Waals surface area contributed by atoms with E-state index in [-0.39, 0.29) is 0 Å². The first kappa shape index (κ1) is 14.3. The molecule has 3 aromatic rings. The van der Waals surface area contributed by atoms with Crippen LogP contribution < -0.4 is 5.73 Å². The predicted octanol–water partition coefficient (Wildman–Crippen LogP) is 3.20. The van der Waals surface area contributed by atoms with Crippen molar-refractivity contribution in [3.8, 4) is 11.5 Å². The molecule has 0 unspecified atom stereocenters. The third-order valence-corrected chi connectivity index (χ3v) is 3.91. The second-order valence-electron chi connectivity index (χ2n) is 5.32. The Labute approximate surface area is 131 Å². The number of halogens is 1. The number of rotatable bonds is 4. The largest absolute Gasteiger partial charge is 0.335 e. The molecule has 5 nitrogen and oxygen atoms in total. The normalized spacial score (nSPS) is 11.7. The van der Waals surface area contributed by atoms with Gasteiger partial charge in [0, 0.05) is 29.8 Å². The number of benzene rings is 1. The first-order valence-corrected chi connectivity index (χ1v) is 7.79. The average Bonchev–Trinajstić information content (AvgIpc) is 3.02. The summed E-state index contributed by atoms with van der Waals surface area (Å²) in [5, 5.41) is 0. The first-order valence-electron chi connectivity index (χ1n) is 7.00. The molecule has 110 valence electrons. The van der Waals surface area contributed by atoms with Gasteiger partial charge in [0.25, 0.3) is 0 Å². The zero-order chi connectivity index (χ0) is 15.0. The van der Waals surface area contributed by atoms with Crippen molar-refractivity contribution >= 4 is 27.0 Å². The molecule has 21 heavy (non-hydrogen) atoms. The summed E-state index contributed by atoms with van der Waals surface area (Å²) < 4.78 is 5.25. The van der Waals surface area contributed by atoms with E-state index in [0.717, 1.165) is 33.6 Å². The summed E-state index contributed by atoms with van der Waals surface area (Å²) in [5.74, 6) is 0.897. The number of hydrogen-bond acceptors (Lipinski definition) is 3. The summed E-state index contributed by atoms with van der Waals surface area (Å²) in [7, 11) is 0. The Morgan fingerprint density at radius 2 is 2.14 bits per heavy atom. The van der Waals surface area contributed by atoms with E-state index < -0.39 is 0 Å². The number of nitrogens with two attached hydrogens (primary N) is 1. The van der Waals surface area contributed by atoms with Gasteiger partial charge in [-0.3, -0.25) is 0 Å². The van der Waals surface area contributed by atoms with Crippen LogP contribution in [0.4, 0.5) is 0 Å². The van der Waals surface area contributed by atoms with Gasteiger partial charge in [0.15, 0.2) is 5.82 Å². The van der Waals surface area contributed by atoms with E-state index in [4.69, 9.17) is 10.7 Å². The highest BCUT2D eigenvalue weighted by Gasteiger charge is 2.16. The Morgan fingerprint density at radius 3 is 2.86 bits per heavy atom. The highest BCUT2D eigenvalue weighted by molar-refractivity contribution is 9.10. The quantitative estimate of drug-likeness (QED) is 0.788. The van der Waals surface area contributed by atoms with Crippen molar-refractivity contribution in [2.24, 2.45) is 5.73 Å². The van der Waals surface area contributed by atoms with Gasteiger partial charge in [-0.25, -0.2) is 9.97 Å². The summed E-state index contributed by atoms with van der Waals surface area (Å²) in [6.07, 6.45) is 3.81.